The molecule has 1 aliphatic rings. The van der Waals surface area contributed by atoms with Crippen LogP contribution >= 0.6 is 0 Å². The van der Waals surface area contributed by atoms with Crippen LogP contribution in [0.25, 0.3) is 5.69 Å². The van der Waals surface area contributed by atoms with E-state index in [1.807, 2.05) is 0 Å². The van der Waals surface area contributed by atoms with Crippen LogP contribution in [0.15, 0.2) is 30.5 Å². The van der Waals surface area contributed by atoms with Gasteiger partial charge in [0, 0.05) is 5.69 Å². The van der Waals surface area contributed by atoms with Crippen molar-refractivity contribution in [2.24, 2.45) is 0 Å². The quantitative estimate of drug-likeness (QED) is 0.834. The molecular formula is C16H14F3N3O5. The van der Waals surface area contributed by atoms with E-state index < -0.39 is 35.4 Å². The second-order valence-electron chi connectivity index (χ2n) is 5.59. The van der Waals surface area contributed by atoms with Crippen LogP contribution < -0.4 is 5.32 Å². The van der Waals surface area contributed by atoms with Gasteiger partial charge < -0.3 is 19.9 Å². The fraction of sp³-hybridized carbons (Fsp3) is 0.312. The van der Waals surface area contributed by atoms with E-state index in [1.165, 1.54) is 24.3 Å². The molecule has 1 atom stereocenters. The molecule has 1 aromatic carbocycles. The Kier molecular flexibility index (Phi) is 5.15. The molecule has 2 aromatic rings. The van der Waals surface area contributed by atoms with Gasteiger partial charge in [0.05, 0.1) is 31.7 Å². The van der Waals surface area contributed by atoms with Gasteiger partial charge in [0.15, 0.2) is 11.8 Å². The van der Waals surface area contributed by atoms with E-state index in [2.05, 4.69) is 10.4 Å². The number of carboxylic acid groups (broad SMARTS) is 1. The number of aromatic carboxylic acids is 1. The zero-order valence-electron chi connectivity index (χ0n) is 13.7. The summed E-state index contributed by atoms with van der Waals surface area (Å²) in [6.45, 7) is 0.814. The van der Waals surface area contributed by atoms with Crippen molar-refractivity contribution in [2.45, 2.75) is 12.3 Å². The highest BCUT2D eigenvalue weighted by molar-refractivity contribution is 5.94. The third-order valence-electron chi connectivity index (χ3n) is 3.76. The van der Waals surface area contributed by atoms with Crippen molar-refractivity contribution < 1.29 is 37.3 Å². The number of alkyl halides is 3. The van der Waals surface area contributed by atoms with Crippen LogP contribution in [0.1, 0.15) is 16.1 Å². The summed E-state index contributed by atoms with van der Waals surface area (Å²) in [5.74, 6) is -2.17. The van der Waals surface area contributed by atoms with Crippen LogP contribution in [0.3, 0.4) is 0 Å². The van der Waals surface area contributed by atoms with Gasteiger partial charge in [-0.15, -0.1) is 0 Å². The first kappa shape index (κ1) is 18.9. The predicted octanol–water partition coefficient (Wildman–Crippen LogP) is 1.94. The molecule has 2 heterocycles. The van der Waals surface area contributed by atoms with Gasteiger partial charge in [-0.2, -0.15) is 18.3 Å². The first-order valence-electron chi connectivity index (χ1n) is 7.76. The topological polar surface area (TPSA) is 103 Å². The minimum Gasteiger partial charge on any atom is -0.478 e. The van der Waals surface area contributed by atoms with E-state index in [1.54, 1.807) is 0 Å². The number of halogens is 3. The van der Waals surface area contributed by atoms with Gasteiger partial charge in [0.1, 0.15) is 5.56 Å². The average Bonchev–Trinajstić information content (AvgIpc) is 3.09. The summed E-state index contributed by atoms with van der Waals surface area (Å²) in [6, 6.07) is 5.31. The third-order valence-corrected chi connectivity index (χ3v) is 3.76. The molecule has 8 nitrogen and oxygen atoms in total. The molecule has 0 bridgehead atoms. The summed E-state index contributed by atoms with van der Waals surface area (Å²) >= 11 is 0. The Morgan fingerprint density at radius 3 is 2.48 bits per heavy atom. The smallest absolute Gasteiger partial charge is 0.434 e. The minimum atomic E-state index is -4.91. The number of hydrogen-bond acceptors (Lipinski definition) is 5. The van der Waals surface area contributed by atoms with Crippen LogP contribution in [-0.4, -0.2) is 52.7 Å². The number of carbonyl (C=O) groups is 2. The highest BCUT2D eigenvalue weighted by Crippen LogP contribution is 2.33. The van der Waals surface area contributed by atoms with Gasteiger partial charge in [-0.1, -0.05) is 0 Å². The lowest BCUT2D eigenvalue weighted by molar-refractivity contribution is -0.143. The number of anilines is 1. The summed E-state index contributed by atoms with van der Waals surface area (Å²) in [5, 5.41) is 15.0. The number of aromatic nitrogens is 2. The number of nitrogens with zero attached hydrogens (tertiary/aromatic N) is 2. The van der Waals surface area contributed by atoms with Crippen molar-refractivity contribution >= 4 is 17.6 Å². The largest absolute Gasteiger partial charge is 0.478 e. The van der Waals surface area contributed by atoms with E-state index in [-0.39, 0.29) is 12.3 Å². The molecule has 0 spiro atoms. The number of hydrogen-bond donors (Lipinski definition) is 2. The molecule has 1 aliphatic heterocycles. The van der Waals surface area contributed by atoms with Gasteiger partial charge in [-0.05, 0) is 24.3 Å². The van der Waals surface area contributed by atoms with Gasteiger partial charge in [-0.25, -0.2) is 9.48 Å². The van der Waals surface area contributed by atoms with E-state index in [0.29, 0.717) is 29.8 Å². The Hall–Kier alpha value is -2.92. The Labute approximate surface area is 150 Å². The van der Waals surface area contributed by atoms with E-state index >= 15 is 0 Å². The van der Waals surface area contributed by atoms with Crippen LogP contribution in [0, 0.1) is 0 Å². The van der Waals surface area contributed by atoms with Gasteiger partial charge in [0.25, 0.3) is 5.91 Å². The first-order valence-corrected chi connectivity index (χ1v) is 7.76. The zero-order valence-corrected chi connectivity index (χ0v) is 13.7. The summed E-state index contributed by atoms with van der Waals surface area (Å²) in [5.41, 5.74) is -2.02. The maximum absolute atomic E-state index is 13.2. The molecule has 27 heavy (non-hydrogen) atoms. The SMILES string of the molecule is O=C(O)c1cnn(-c2ccc(NC(=O)C3COCCO3)cc2)c1C(F)(F)F. The zero-order chi connectivity index (χ0) is 19.6. The summed E-state index contributed by atoms with van der Waals surface area (Å²) < 4.78 is 50.6. The fourth-order valence-corrected chi connectivity index (χ4v) is 2.52. The van der Waals surface area contributed by atoms with Crippen LogP contribution in [0.2, 0.25) is 0 Å². The molecule has 1 fully saturated rings. The van der Waals surface area contributed by atoms with Crippen LogP contribution in [-0.2, 0) is 20.4 Å². The lowest BCUT2D eigenvalue weighted by Gasteiger charge is -2.22. The van der Waals surface area contributed by atoms with Crippen molar-refractivity contribution in [1.29, 1.82) is 0 Å². The summed E-state index contributed by atoms with van der Waals surface area (Å²) in [4.78, 5) is 23.1. The van der Waals surface area contributed by atoms with Crippen LogP contribution in [0.5, 0.6) is 0 Å². The van der Waals surface area contributed by atoms with Crippen molar-refractivity contribution in [1.82, 2.24) is 9.78 Å². The molecule has 2 N–H and O–H groups in total. The van der Waals surface area contributed by atoms with Gasteiger partial charge >= 0.3 is 12.1 Å². The van der Waals surface area contributed by atoms with Crippen LogP contribution in [0.4, 0.5) is 18.9 Å². The Balaban J connectivity index is 1.81. The summed E-state index contributed by atoms with van der Waals surface area (Å²) in [6.07, 6.45) is -5.03. The fourth-order valence-electron chi connectivity index (χ4n) is 2.52. The van der Waals surface area contributed by atoms with E-state index in [0.717, 1.165) is 0 Å². The average molecular weight is 385 g/mol. The molecule has 0 saturated carbocycles. The van der Waals surface area contributed by atoms with Crippen molar-refractivity contribution in [3.8, 4) is 5.69 Å². The lowest BCUT2D eigenvalue weighted by Crippen LogP contribution is -2.39. The van der Waals surface area contributed by atoms with E-state index in [9.17, 15) is 22.8 Å². The number of amides is 1. The molecule has 0 aliphatic carbocycles. The highest BCUT2D eigenvalue weighted by Gasteiger charge is 2.40. The second-order valence-corrected chi connectivity index (χ2v) is 5.59. The maximum atomic E-state index is 13.2. The molecule has 1 unspecified atom stereocenters. The second kappa shape index (κ2) is 7.37. The molecule has 3 rings (SSSR count). The number of nitrogens with one attached hydrogen (secondary N) is 1. The predicted molar refractivity (Wildman–Crippen MR) is 84.7 cm³/mol. The molecule has 0 radical (unpaired) electrons. The third kappa shape index (κ3) is 4.09. The molecular weight excluding hydrogens is 371 g/mol. The maximum Gasteiger partial charge on any atom is 0.434 e. The van der Waals surface area contributed by atoms with Crippen molar-refractivity contribution in [2.75, 3.05) is 25.1 Å². The van der Waals surface area contributed by atoms with Gasteiger partial charge in [-0.3, -0.25) is 4.79 Å². The van der Waals surface area contributed by atoms with Crippen molar-refractivity contribution in [3.05, 3.63) is 41.7 Å². The molecule has 1 amide bonds. The molecule has 1 saturated heterocycles. The number of carbonyl (C=O) groups excluding carboxylic acids is 1. The van der Waals surface area contributed by atoms with Crippen molar-refractivity contribution in [3.63, 3.8) is 0 Å². The Morgan fingerprint density at radius 2 is 1.93 bits per heavy atom. The van der Waals surface area contributed by atoms with E-state index in [4.69, 9.17) is 14.6 Å². The normalized spacial score (nSPS) is 17.5. The number of carboxylic acids is 1. The molecule has 11 heteroatoms. The Morgan fingerprint density at radius 1 is 1.22 bits per heavy atom. The first-order chi connectivity index (χ1) is 12.8. The molecule has 144 valence electrons. The number of rotatable bonds is 4. The highest BCUT2D eigenvalue weighted by atomic mass is 19.4. The van der Waals surface area contributed by atoms with Gasteiger partial charge in [0.2, 0.25) is 0 Å². The minimum absolute atomic E-state index is 0.00919. The monoisotopic (exact) mass is 385 g/mol. The molecule has 1 aromatic heterocycles. The number of benzene rings is 1. The lowest BCUT2D eigenvalue weighted by atomic mass is 10.2. The Bertz CT molecular complexity index is 842. The summed E-state index contributed by atoms with van der Waals surface area (Å²) in [7, 11) is 0. The standard InChI is InChI=1S/C16H14F3N3O5/c17-16(18,19)13-11(15(24)25)7-20-22(13)10-3-1-9(2-4-10)21-14(23)12-8-26-5-6-27-12/h1-4,7,12H,5-6,8H2,(H,21,23)(H,24,25). The number of ether oxygens (including phenoxy) is 2.